The molecule has 0 saturated carbocycles. The zero-order chi connectivity index (χ0) is 11.9. The molecule has 0 aromatic rings. The molecule has 0 radical (unpaired) electrons. The molecule has 0 saturated heterocycles. The topological polar surface area (TPSA) is 100 Å². The van der Waals surface area contributed by atoms with Gasteiger partial charge in [0.1, 0.15) is 0 Å². The van der Waals surface area contributed by atoms with Crippen molar-refractivity contribution >= 4 is 0 Å². The van der Waals surface area contributed by atoms with Gasteiger partial charge in [-0.3, -0.25) is 0 Å². The van der Waals surface area contributed by atoms with Crippen LogP contribution >= 0.6 is 0 Å². The summed E-state index contributed by atoms with van der Waals surface area (Å²) in [6.45, 7) is 9.15. The second kappa shape index (κ2) is 18.6. The van der Waals surface area contributed by atoms with Crippen LogP contribution in [0.2, 0.25) is 0 Å². The predicted octanol–water partition coefficient (Wildman–Crippen LogP) is -2.74. The van der Waals surface area contributed by atoms with Crippen LogP contribution in [-0.4, -0.2) is 65.4 Å². The Morgan fingerprint density at radius 3 is 0.941 bits per heavy atom. The molecule has 0 aliphatic heterocycles. The van der Waals surface area contributed by atoms with Crippen molar-refractivity contribution in [2.45, 2.75) is 0 Å². The molecular weight excluding hydrogens is 263 g/mol. The molecule has 0 bridgehead atoms. The Bertz CT molecular complexity index is 113. The van der Waals surface area contributed by atoms with Crippen LogP contribution in [-0.2, 0) is 16.5 Å². The molecule has 8 N–H and O–H groups in total. The number of hydrogen-bond acceptors (Lipinski definition) is 6. The quantitative estimate of drug-likeness (QED) is 0.163. The van der Waals surface area contributed by atoms with Crippen molar-refractivity contribution in [1.82, 2.24) is 21.3 Å². The molecule has 0 fully saturated rings. The van der Waals surface area contributed by atoms with Crippen LogP contribution in [0.1, 0.15) is 0 Å². The molecule has 17 heavy (non-hydrogen) atoms. The average molecular weight is 291 g/mol. The Hall–Kier alpha value is 0.254. The minimum Gasteiger partial charge on any atom is -0.329 e. The van der Waals surface area contributed by atoms with Crippen LogP contribution in [0.15, 0.2) is 0 Å². The van der Waals surface area contributed by atoms with E-state index in [9.17, 15) is 0 Å². The Balaban J connectivity index is 0. The van der Waals surface area contributed by atoms with Crippen molar-refractivity contribution in [3.05, 3.63) is 0 Å². The summed E-state index contributed by atoms with van der Waals surface area (Å²) in [5.74, 6) is 0. The Morgan fingerprint density at radius 1 is 0.471 bits per heavy atom. The van der Waals surface area contributed by atoms with E-state index in [4.69, 9.17) is 11.5 Å². The molecule has 0 atom stereocenters. The molecule has 0 spiro atoms. The monoisotopic (exact) mass is 290 g/mol. The third-order valence-electron chi connectivity index (χ3n) is 2.08. The van der Waals surface area contributed by atoms with Gasteiger partial charge >= 0.3 is 0 Å². The van der Waals surface area contributed by atoms with E-state index >= 15 is 0 Å². The normalized spacial score (nSPS) is 10.2. The zero-order valence-electron chi connectivity index (χ0n) is 10.5. The first-order chi connectivity index (χ1) is 7.91. The van der Waals surface area contributed by atoms with Crippen molar-refractivity contribution in [3.8, 4) is 0 Å². The van der Waals surface area contributed by atoms with Crippen LogP contribution in [0.3, 0.4) is 0 Å². The standard InChI is InChI=1S/C10H28N6.Ni/c11-1-3-13-5-7-15-9-10-16-8-6-14-4-2-12;/h13-16H,1-12H2;. The van der Waals surface area contributed by atoms with Gasteiger partial charge in [-0.2, -0.15) is 0 Å². The minimum absolute atomic E-state index is 0. The number of nitrogens with two attached hydrogens (primary N) is 2. The van der Waals surface area contributed by atoms with Gasteiger partial charge in [0, 0.05) is 81.9 Å². The van der Waals surface area contributed by atoms with E-state index in [0.717, 1.165) is 52.4 Å². The van der Waals surface area contributed by atoms with Gasteiger partial charge in [-0.25, -0.2) is 0 Å². The number of nitrogens with one attached hydrogen (secondary N) is 4. The van der Waals surface area contributed by atoms with Gasteiger partial charge in [0.25, 0.3) is 0 Å². The first-order valence-corrected chi connectivity index (χ1v) is 6.14. The predicted molar refractivity (Wildman–Crippen MR) is 69.6 cm³/mol. The molecule has 0 aromatic carbocycles. The molecule has 0 rings (SSSR count). The molecule has 108 valence electrons. The van der Waals surface area contributed by atoms with Crippen molar-refractivity contribution < 1.29 is 16.5 Å². The van der Waals surface area contributed by atoms with Crippen LogP contribution in [0.25, 0.3) is 0 Å². The van der Waals surface area contributed by atoms with Gasteiger partial charge in [-0.05, 0) is 0 Å². The summed E-state index contributed by atoms with van der Waals surface area (Å²) >= 11 is 0. The third-order valence-corrected chi connectivity index (χ3v) is 2.08. The largest absolute Gasteiger partial charge is 0.329 e. The molecule has 0 aliphatic rings. The van der Waals surface area contributed by atoms with Gasteiger partial charge in [0.2, 0.25) is 0 Å². The average Bonchev–Trinajstić information content (AvgIpc) is 2.31. The second-order valence-electron chi connectivity index (χ2n) is 3.58. The van der Waals surface area contributed by atoms with Gasteiger partial charge in [0.05, 0.1) is 0 Å². The number of rotatable bonds is 13. The van der Waals surface area contributed by atoms with Crippen molar-refractivity contribution in [2.75, 3.05) is 65.4 Å². The summed E-state index contributed by atoms with van der Waals surface area (Å²) in [6.07, 6.45) is 0. The first-order valence-electron chi connectivity index (χ1n) is 6.14. The van der Waals surface area contributed by atoms with Crippen LogP contribution < -0.4 is 32.7 Å². The van der Waals surface area contributed by atoms with E-state index in [2.05, 4.69) is 21.3 Å². The molecule has 0 aliphatic carbocycles. The fraction of sp³-hybridized carbons (Fsp3) is 1.00. The summed E-state index contributed by atoms with van der Waals surface area (Å²) in [6, 6.07) is 0. The fourth-order valence-electron chi connectivity index (χ4n) is 1.23. The van der Waals surface area contributed by atoms with Gasteiger partial charge in [-0.15, -0.1) is 0 Å². The minimum atomic E-state index is 0. The van der Waals surface area contributed by atoms with Gasteiger partial charge in [-0.1, -0.05) is 0 Å². The second-order valence-corrected chi connectivity index (χ2v) is 3.58. The smallest absolute Gasteiger partial charge is 0.00772 e. The molecular formula is C10H28N6Ni. The summed E-state index contributed by atoms with van der Waals surface area (Å²) in [5, 5.41) is 13.1. The van der Waals surface area contributed by atoms with E-state index in [1.165, 1.54) is 0 Å². The van der Waals surface area contributed by atoms with E-state index in [1.54, 1.807) is 0 Å². The molecule has 6 nitrogen and oxygen atoms in total. The summed E-state index contributed by atoms with van der Waals surface area (Å²) in [4.78, 5) is 0. The van der Waals surface area contributed by atoms with Gasteiger partial charge < -0.3 is 32.7 Å². The van der Waals surface area contributed by atoms with E-state index < -0.39 is 0 Å². The first kappa shape index (κ1) is 19.6. The van der Waals surface area contributed by atoms with Crippen molar-refractivity contribution in [3.63, 3.8) is 0 Å². The maximum absolute atomic E-state index is 5.35. The third kappa shape index (κ3) is 18.8. The number of hydrogen-bond donors (Lipinski definition) is 6. The van der Waals surface area contributed by atoms with E-state index in [1.807, 2.05) is 0 Å². The van der Waals surface area contributed by atoms with Crippen molar-refractivity contribution in [2.24, 2.45) is 11.5 Å². The van der Waals surface area contributed by atoms with Crippen LogP contribution in [0, 0.1) is 0 Å². The SMILES string of the molecule is NCCNCCNCCNCCNCCN.[Ni]. The van der Waals surface area contributed by atoms with Gasteiger partial charge in [0.15, 0.2) is 0 Å². The Kier molecular flexibility index (Phi) is 21.4. The maximum atomic E-state index is 5.35. The zero-order valence-corrected chi connectivity index (χ0v) is 11.5. The summed E-state index contributed by atoms with van der Waals surface area (Å²) in [7, 11) is 0. The molecule has 7 heteroatoms. The van der Waals surface area contributed by atoms with Crippen LogP contribution in [0.5, 0.6) is 0 Å². The maximum Gasteiger partial charge on any atom is 0.00772 e. The molecule has 0 amide bonds. The fourth-order valence-corrected chi connectivity index (χ4v) is 1.23. The van der Waals surface area contributed by atoms with Crippen molar-refractivity contribution in [1.29, 1.82) is 0 Å². The summed E-state index contributed by atoms with van der Waals surface area (Å²) < 4.78 is 0. The van der Waals surface area contributed by atoms with E-state index in [0.29, 0.717) is 13.1 Å². The Labute approximate surface area is 115 Å². The molecule has 0 heterocycles. The van der Waals surface area contributed by atoms with E-state index in [-0.39, 0.29) is 16.5 Å². The summed E-state index contributed by atoms with van der Waals surface area (Å²) in [5.41, 5.74) is 10.7. The molecule has 0 unspecified atom stereocenters. The van der Waals surface area contributed by atoms with Crippen LogP contribution in [0.4, 0.5) is 0 Å². The Morgan fingerprint density at radius 2 is 0.706 bits per heavy atom. The molecule has 0 aromatic heterocycles.